The van der Waals surface area contributed by atoms with Crippen LogP contribution in [0.2, 0.25) is 0 Å². The highest BCUT2D eigenvalue weighted by atomic mass is 31.1. The molecule has 0 heterocycles. The topological polar surface area (TPSA) is 38.7 Å². The van der Waals surface area contributed by atoms with Crippen LogP contribution in [0.3, 0.4) is 0 Å². The summed E-state index contributed by atoms with van der Waals surface area (Å²) in [6.45, 7) is 13.9. The van der Waals surface area contributed by atoms with Crippen molar-refractivity contribution in [3.63, 3.8) is 0 Å². The van der Waals surface area contributed by atoms with Crippen molar-refractivity contribution < 1.29 is 14.6 Å². The number of unbranched alkanes of at least 4 members (excludes halogenated alkanes) is 2. The van der Waals surface area contributed by atoms with Crippen molar-refractivity contribution in [2.45, 2.75) is 84.4 Å². The van der Waals surface area contributed by atoms with Crippen LogP contribution in [0.25, 0.3) is 0 Å². The van der Waals surface area contributed by atoms with Crippen LogP contribution in [0.5, 0.6) is 5.75 Å². The van der Waals surface area contributed by atoms with Gasteiger partial charge in [0.25, 0.3) is 0 Å². The zero-order chi connectivity index (χ0) is 23.1. The third-order valence-electron chi connectivity index (χ3n) is 5.93. The molecule has 0 saturated heterocycles. The van der Waals surface area contributed by atoms with Gasteiger partial charge in [0.15, 0.2) is 6.79 Å². The fourth-order valence-electron chi connectivity index (χ4n) is 4.00. The molecular weight excluding hydrogens is 403 g/mol. The Labute approximate surface area is 191 Å². The zero-order valence-corrected chi connectivity index (χ0v) is 21.5. The van der Waals surface area contributed by atoms with E-state index >= 15 is 0 Å². The lowest BCUT2D eigenvalue weighted by molar-refractivity contribution is 0.0494. The number of ether oxygens (including phenoxy) is 2. The Morgan fingerprint density at radius 2 is 1.74 bits per heavy atom. The third-order valence-corrected chi connectivity index (χ3v) is 7.76. The summed E-state index contributed by atoms with van der Waals surface area (Å²) >= 11 is 0. The number of methoxy groups -OCH3 is 1. The van der Waals surface area contributed by atoms with Crippen LogP contribution in [-0.2, 0) is 21.9 Å². The number of aliphatic hydroxyl groups is 1. The summed E-state index contributed by atoms with van der Waals surface area (Å²) in [5, 5.41) is 11.1. The van der Waals surface area contributed by atoms with Crippen molar-refractivity contribution in [1.82, 2.24) is 0 Å². The fraction of sp³-hybridized carbons (Fsp3) is 0.556. The largest absolute Gasteiger partial charge is 0.467 e. The van der Waals surface area contributed by atoms with Crippen LogP contribution in [0.15, 0.2) is 36.4 Å². The molecule has 3 nitrogen and oxygen atoms in total. The molecule has 0 amide bonds. The van der Waals surface area contributed by atoms with Crippen LogP contribution in [0.1, 0.15) is 82.6 Å². The summed E-state index contributed by atoms with van der Waals surface area (Å²) in [5.74, 6) is 0.947. The van der Waals surface area contributed by atoms with Crippen molar-refractivity contribution in [1.29, 1.82) is 0 Å². The highest BCUT2D eigenvalue weighted by Gasteiger charge is 2.33. The van der Waals surface area contributed by atoms with E-state index in [1.54, 1.807) is 7.11 Å². The second-order valence-electron chi connectivity index (χ2n) is 9.70. The fourth-order valence-corrected chi connectivity index (χ4v) is 5.72. The van der Waals surface area contributed by atoms with Crippen LogP contribution in [0.4, 0.5) is 0 Å². The summed E-state index contributed by atoms with van der Waals surface area (Å²) < 4.78 is 11.4. The first-order valence-electron chi connectivity index (χ1n) is 11.4. The van der Waals surface area contributed by atoms with Crippen molar-refractivity contribution in [3.8, 4) is 5.75 Å². The van der Waals surface area contributed by atoms with E-state index in [4.69, 9.17) is 9.47 Å². The minimum absolute atomic E-state index is 0.0513. The van der Waals surface area contributed by atoms with Crippen LogP contribution >= 0.6 is 8.58 Å². The van der Waals surface area contributed by atoms with Gasteiger partial charge < -0.3 is 14.6 Å². The minimum Gasteiger partial charge on any atom is -0.467 e. The molecule has 0 aliphatic carbocycles. The van der Waals surface area contributed by atoms with Gasteiger partial charge in [0, 0.05) is 17.8 Å². The average Bonchev–Trinajstić information content (AvgIpc) is 2.72. The molecule has 0 fully saturated rings. The minimum atomic E-state index is -0.0878. The van der Waals surface area contributed by atoms with E-state index in [-0.39, 0.29) is 24.0 Å². The summed E-state index contributed by atoms with van der Waals surface area (Å²) in [6.07, 6.45) is 4.66. The van der Waals surface area contributed by atoms with Crippen LogP contribution in [0, 0.1) is 6.92 Å². The molecule has 0 radical (unpaired) electrons. The number of benzene rings is 2. The lowest BCUT2D eigenvalue weighted by atomic mass is 9.82. The maximum Gasteiger partial charge on any atom is 0.188 e. The van der Waals surface area contributed by atoms with Gasteiger partial charge in [-0.3, -0.25) is 0 Å². The number of hydrogen-bond acceptors (Lipinski definition) is 3. The molecule has 172 valence electrons. The molecule has 1 N–H and O–H groups in total. The Balaban J connectivity index is 2.65. The SMILES string of the molecule is CCCCCC(C)(Pc1ccccc1CO)c1cc(C(C)(C)C)cc(C)c1OCOC. The molecule has 2 rings (SSSR count). The van der Waals surface area contributed by atoms with Gasteiger partial charge >= 0.3 is 0 Å². The quantitative estimate of drug-likeness (QED) is 0.242. The lowest BCUT2D eigenvalue weighted by Crippen LogP contribution is -2.24. The first-order valence-corrected chi connectivity index (χ1v) is 12.4. The number of aryl methyl sites for hydroxylation is 1. The first-order chi connectivity index (χ1) is 14.7. The van der Waals surface area contributed by atoms with E-state index in [0.29, 0.717) is 8.58 Å². The van der Waals surface area contributed by atoms with Gasteiger partial charge in [0.2, 0.25) is 0 Å². The van der Waals surface area contributed by atoms with Crippen molar-refractivity contribution >= 4 is 13.9 Å². The van der Waals surface area contributed by atoms with E-state index in [1.807, 2.05) is 12.1 Å². The monoisotopic (exact) mass is 444 g/mol. The normalized spacial score (nSPS) is 14.2. The van der Waals surface area contributed by atoms with E-state index in [2.05, 4.69) is 65.8 Å². The summed E-state index contributed by atoms with van der Waals surface area (Å²) in [6, 6.07) is 12.9. The molecule has 0 aliphatic heterocycles. The Morgan fingerprint density at radius 1 is 1.03 bits per heavy atom. The third kappa shape index (κ3) is 6.78. The maximum atomic E-state index is 9.93. The maximum absolute atomic E-state index is 9.93. The predicted molar refractivity (Wildman–Crippen MR) is 134 cm³/mol. The highest BCUT2D eigenvalue weighted by Crippen LogP contribution is 2.50. The van der Waals surface area contributed by atoms with Crippen molar-refractivity contribution in [3.05, 3.63) is 58.7 Å². The molecule has 31 heavy (non-hydrogen) atoms. The van der Waals surface area contributed by atoms with Gasteiger partial charge in [-0.15, -0.1) is 0 Å². The summed E-state index contributed by atoms with van der Waals surface area (Å²) in [5.41, 5.74) is 4.81. The second-order valence-corrected chi connectivity index (χ2v) is 11.6. The standard InChI is InChI=1S/C27H41O3P/c1-8-9-12-15-27(6,31-24-14-11-10-13-21(24)18-28)23-17-22(26(3,4)5)16-20(2)25(23)30-19-29-7/h10-11,13-14,16-17,28,31H,8-9,12,15,18-19H2,1-7H3. The van der Waals surface area contributed by atoms with Gasteiger partial charge in [0.1, 0.15) is 5.75 Å². The van der Waals surface area contributed by atoms with Gasteiger partial charge in [-0.25, -0.2) is 0 Å². The van der Waals surface area contributed by atoms with Gasteiger partial charge in [-0.2, -0.15) is 0 Å². The van der Waals surface area contributed by atoms with Crippen molar-refractivity contribution in [2.75, 3.05) is 13.9 Å². The first kappa shape index (κ1) is 25.8. The van der Waals surface area contributed by atoms with E-state index in [0.717, 1.165) is 23.3 Å². The van der Waals surface area contributed by atoms with E-state index < -0.39 is 0 Å². The molecule has 0 aromatic heterocycles. The highest BCUT2D eigenvalue weighted by molar-refractivity contribution is 7.48. The average molecular weight is 445 g/mol. The number of aliphatic hydroxyl groups excluding tert-OH is 1. The molecule has 0 bridgehead atoms. The Morgan fingerprint density at radius 3 is 2.35 bits per heavy atom. The second kappa shape index (κ2) is 11.5. The summed E-state index contributed by atoms with van der Waals surface area (Å²) in [4.78, 5) is 0. The molecule has 0 spiro atoms. The molecule has 2 aromatic carbocycles. The van der Waals surface area contributed by atoms with Crippen LogP contribution in [-0.4, -0.2) is 19.0 Å². The molecule has 4 heteroatoms. The zero-order valence-electron chi connectivity index (χ0n) is 20.5. The molecule has 2 unspecified atom stereocenters. The number of hydrogen-bond donors (Lipinski definition) is 1. The Hall–Kier alpha value is -1.41. The van der Waals surface area contributed by atoms with E-state index in [9.17, 15) is 5.11 Å². The molecule has 2 aromatic rings. The Bertz CT molecular complexity index is 841. The van der Waals surface area contributed by atoms with Crippen molar-refractivity contribution in [2.24, 2.45) is 0 Å². The number of rotatable bonds is 11. The molecule has 2 atom stereocenters. The summed E-state index contributed by atoms with van der Waals surface area (Å²) in [7, 11) is 2.20. The molecular formula is C27H41O3P. The van der Waals surface area contributed by atoms with Crippen LogP contribution < -0.4 is 10.0 Å². The molecule has 0 aliphatic rings. The van der Waals surface area contributed by atoms with Gasteiger partial charge in [-0.05, 0) is 40.8 Å². The lowest BCUT2D eigenvalue weighted by Gasteiger charge is -2.35. The Kier molecular flexibility index (Phi) is 9.55. The van der Waals surface area contributed by atoms with Gasteiger partial charge in [0.05, 0.1) is 6.61 Å². The van der Waals surface area contributed by atoms with Gasteiger partial charge in [-0.1, -0.05) is 98.9 Å². The smallest absolute Gasteiger partial charge is 0.188 e. The predicted octanol–water partition coefficient (Wildman–Crippen LogP) is 6.57. The van der Waals surface area contributed by atoms with E-state index in [1.165, 1.54) is 35.7 Å². The molecule has 0 saturated carbocycles.